The van der Waals surface area contributed by atoms with Gasteiger partial charge in [-0.05, 0) is 43.7 Å². The minimum atomic E-state index is 0.00831. The van der Waals surface area contributed by atoms with Gasteiger partial charge in [0.05, 0.1) is 19.9 Å². The van der Waals surface area contributed by atoms with E-state index in [0.717, 1.165) is 43.6 Å². The van der Waals surface area contributed by atoms with Gasteiger partial charge in [-0.2, -0.15) is 0 Å². The van der Waals surface area contributed by atoms with E-state index >= 15 is 0 Å². The number of aryl methyl sites for hydroxylation is 1. The summed E-state index contributed by atoms with van der Waals surface area (Å²) in [6, 6.07) is 5.55. The molecule has 2 amide bonds. The highest BCUT2D eigenvalue weighted by Crippen LogP contribution is 2.25. The number of carbonyl (C=O) groups is 2. The summed E-state index contributed by atoms with van der Waals surface area (Å²) in [4.78, 5) is 35.2. The van der Waals surface area contributed by atoms with E-state index < -0.39 is 0 Å². The summed E-state index contributed by atoms with van der Waals surface area (Å²) < 4.78 is 10.6. The Labute approximate surface area is 189 Å². The molecular weight excluding hydrogens is 408 g/mol. The lowest BCUT2D eigenvalue weighted by Gasteiger charge is -2.33. The Morgan fingerprint density at radius 1 is 1.19 bits per heavy atom. The standard InChI is InChI=1S/C24H32N4O4/c1-31-21-8-6-19(22(14-21)32-2)15-27-23(29)9-5-18-4-3-13-28(17-18)24(30)10-7-20-16-25-11-12-26-20/h6,8,11-12,14,16,18H,3-5,7,9-10,13,15,17H2,1-2H3,(H,27,29)/t18-/m1/s1. The summed E-state index contributed by atoms with van der Waals surface area (Å²) in [5.41, 5.74) is 1.73. The predicted molar refractivity (Wildman–Crippen MR) is 120 cm³/mol. The van der Waals surface area contributed by atoms with Crippen molar-refractivity contribution in [3.63, 3.8) is 0 Å². The maximum atomic E-state index is 12.6. The molecule has 0 spiro atoms. The second kappa shape index (κ2) is 12.0. The Morgan fingerprint density at radius 2 is 2.06 bits per heavy atom. The molecule has 1 aromatic carbocycles. The highest BCUT2D eigenvalue weighted by atomic mass is 16.5. The number of rotatable bonds is 10. The van der Waals surface area contributed by atoms with Crippen LogP contribution in [0.25, 0.3) is 0 Å². The Morgan fingerprint density at radius 3 is 2.81 bits per heavy atom. The van der Waals surface area contributed by atoms with E-state index in [1.54, 1.807) is 38.9 Å². The molecule has 32 heavy (non-hydrogen) atoms. The Balaban J connectivity index is 1.40. The third kappa shape index (κ3) is 6.93. The van der Waals surface area contributed by atoms with Crippen LogP contribution in [0, 0.1) is 5.92 Å². The molecule has 172 valence electrons. The Hall–Kier alpha value is -3.16. The summed E-state index contributed by atoms with van der Waals surface area (Å²) in [6.07, 6.45) is 9.27. The normalized spacial score (nSPS) is 15.8. The molecule has 0 radical (unpaired) electrons. The van der Waals surface area contributed by atoms with Crippen molar-refractivity contribution in [3.05, 3.63) is 48.0 Å². The SMILES string of the molecule is COc1ccc(CNC(=O)CC[C@H]2CCCN(C(=O)CCc3cnccn3)C2)c(OC)c1. The van der Waals surface area contributed by atoms with E-state index in [1.807, 2.05) is 17.0 Å². The largest absolute Gasteiger partial charge is 0.497 e. The zero-order valence-corrected chi connectivity index (χ0v) is 18.9. The van der Waals surface area contributed by atoms with Gasteiger partial charge in [-0.3, -0.25) is 19.6 Å². The zero-order chi connectivity index (χ0) is 22.8. The van der Waals surface area contributed by atoms with Gasteiger partial charge >= 0.3 is 0 Å². The molecule has 2 heterocycles. The molecule has 0 bridgehead atoms. The van der Waals surface area contributed by atoms with Crippen molar-refractivity contribution >= 4 is 11.8 Å². The number of piperidine rings is 1. The van der Waals surface area contributed by atoms with Gasteiger partial charge in [-0.25, -0.2) is 0 Å². The van der Waals surface area contributed by atoms with Crippen molar-refractivity contribution in [1.29, 1.82) is 0 Å². The van der Waals surface area contributed by atoms with Crippen LogP contribution in [-0.2, 0) is 22.6 Å². The minimum Gasteiger partial charge on any atom is -0.497 e. The molecule has 1 saturated heterocycles. The summed E-state index contributed by atoms with van der Waals surface area (Å²) in [6.45, 7) is 1.92. The van der Waals surface area contributed by atoms with Gasteiger partial charge in [0, 0.05) is 62.7 Å². The first-order chi connectivity index (χ1) is 15.6. The van der Waals surface area contributed by atoms with Crippen LogP contribution in [0.15, 0.2) is 36.8 Å². The lowest BCUT2D eigenvalue weighted by Crippen LogP contribution is -2.40. The van der Waals surface area contributed by atoms with Crippen LogP contribution in [-0.4, -0.2) is 54.0 Å². The average molecular weight is 441 g/mol. The van der Waals surface area contributed by atoms with Crippen LogP contribution >= 0.6 is 0 Å². The predicted octanol–water partition coefficient (Wildman–Crippen LogP) is 2.76. The van der Waals surface area contributed by atoms with Crippen molar-refractivity contribution in [3.8, 4) is 11.5 Å². The number of ether oxygens (including phenoxy) is 2. The molecule has 0 aliphatic carbocycles. The van der Waals surface area contributed by atoms with E-state index in [4.69, 9.17) is 9.47 Å². The van der Waals surface area contributed by atoms with E-state index in [0.29, 0.717) is 43.2 Å². The molecule has 1 aromatic heterocycles. The number of hydrogen-bond acceptors (Lipinski definition) is 6. The van der Waals surface area contributed by atoms with Gasteiger partial charge in [0.1, 0.15) is 11.5 Å². The van der Waals surface area contributed by atoms with E-state index in [2.05, 4.69) is 15.3 Å². The summed E-state index contributed by atoms with van der Waals surface area (Å²) in [5.74, 6) is 1.91. The van der Waals surface area contributed by atoms with Crippen molar-refractivity contribution in [2.24, 2.45) is 5.92 Å². The fourth-order valence-electron chi connectivity index (χ4n) is 3.99. The van der Waals surface area contributed by atoms with Gasteiger partial charge in [-0.1, -0.05) is 0 Å². The van der Waals surface area contributed by atoms with Crippen molar-refractivity contribution in [1.82, 2.24) is 20.2 Å². The number of nitrogens with one attached hydrogen (secondary N) is 1. The lowest BCUT2D eigenvalue weighted by molar-refractivity contribution is -0.133. The van der Waals surface area contributed by atoms with Crippen LogP contribution in [0.3, 0.4) is 0 Å². The van der Waals surface area contributed by atoms with Gasteiger partial charge < -0.3 is 19.7 Å². The quantitative estimate of drug-likeness (QED) is 0.611. The highest BCUT2D eigenvalue weighted by molar-refractivity contribution is 5.77. The number of benzene rings is 1. The van der Waals surface area contributed by atoms with Crippen LogP contribution < -0.4 is 14.8 Å². The van der Waals surface area contributed by atoms with E-state index in [-0.39, 0.29) is 11.8 Å². The molecule has 3 rings (SSSR count). The number of nitrogens with zero attached hydrogens (tertiary/aromatic N) is 3. The summed E-state index contributed by atoms with van der Waals surface area (Å²) >= 11 is 0. The van der Waals surface area contributed by atoms with Crippen molar-refractivity contribution < 1.29 is 19.1 Å². The molecule has 8 nitrogen and oxygen atoms in total. The Bertz CT molecular complexity index is 891. The first kappa shape index (κ1) is 23.5. The van der Waals surface area contributed by atoms with Gasteiger partial charge in [0.2, 0.25) is 11.8 Å². The second-order valence-corrected chi connectivity index (χ2v) is 8.04. The van der Waals surface area contributed by atoms with Gasteiger partial charge in [0.25, 0.3) is 0 Å². The zero-order valence-electron chi connectivity index (χ0n) is 18.9. The topological polar surface area (TPSA) is 93.7 Å². The van der Waals surface area contributed by atoms with Crippen LogP contribution in [0.1, 0.15) is 43.4 Å². The number of methoxy groups -OCH3 is 2. The molecule has 1 atom stereocenters. The van der Waals surface area contributed by atoms with Crippen molar-refractivity contribution in [2.45, 2.75) is 45.1 Å². The minimum absolute atomic E-state index is 0.00831. The molecule has 1 N–H and O–H groups in total. The molecular formula is C24H32N4O4. The maximum Gasteiger partial charge on any atom is 0.222 e. The fourth-order valence-corrected chi connectivity index (χ4v) is 3.99. The first-order valence-corrected chi connectivity index (χ1v) is 11.1. The molecule has 1 aliphatic rings. The summed E-state index contributed by atoms with van der Waals surface area (Å²) in [7, 11) is 3.21. The second-order valence-electron chi connectivity index (χ2n) is 8.04. The number of hydrogen-bond donors (Lipinski definition) is 1. The van der Waals surface area contributed by atoms with Crippen LogP contribution in [0.2, 0.25) is 0 Å². The first-order valence-electron chi connectivity index (χ1n) is 11.1. The van der Waals surface area contributed by atoms with E-state index in [9.17, 15) is 9.59 Å². The number of carbonyl (C=O) groups excluding carboxylic acids is 2. The molecule has 0 unspecified atom stereocenters. The highest BCUT2D eigenvalue weighted by Gasteiger charge is 2.24. The fraction of sp³-hybridized carbons (Fsp3) is 0.500. The van der Waals surface area contributed by atoms with E-state index in [1.165, 1.54) is 0 Å². The molecule has 1 fully saturated rings. The van der Waals surface area contributed by atoms with Crippen LogP contribution in [0.4, 0.5) is 0 Å². The number of likely N-dealkylation sites (tertiary alicyclic amines) is 1. The average Bonchev–Trinajstić information content (AvgIpc) is 2.85. The van der Waals surface area contributed by atoms with Gasteiger partial charge in [-0.15, -0.1) is 0 Å². The number of aromatic nitrogens is 2. The lowest BCUT2D eigenvalue weighted by atomic mass is 9.93. The molecule has 2 aromatic rings. The Kier molecular flexibility index (Phi) is 8.83. The molecule has 8 heteroatoms. The van der Waals surface area contributed by atoms with Crippen molar-refractivity contribution in [2.75, 3.05) is 27.3 Å². The molecule has 0 saturated carbocycles. The maximum absolute atomic E-state index is 12.6. The van der Waals surface area contributed by atoms with Gasteiger partial charge in [0.15, 0.2) is 0 Å². The third-order valence-electron chi connectivity index (χ3n) is 5.83. The van der Waals surface area contributed by atoms with Crippen LogP contribution in [0.5, 0.6) is 11.5 Å². The smallest absolute Gasteiger partial charge is 0.222 e. The molecule has 1 aliphatic heterocycles. The third-order valence-corrected chi connectivity index (χ3v) is 5.83. The monoisotopic (exact) mass is 440 g/mol. The summed E-state index contributed by atoms with van der Waals surface area (Å²) in [5, 5.41) is 2.97. The number of amides is 2.